The van der Waals surface area contributed by atoms with Crippen molar-refractivity contribution in [1.29, 1.82) is 0 Å². The Kier molecular flexibility index (Phi) is 8.20. The van der Waals surface area contributed by atoms with Crippen LogP contribution in [-0.2, 0) is 16.0 Å². The van der Waals surface area contributed by atoms with Crippen LogP contribution in [0.1, 0.15) is 42.9 Å². The van der Waals surface area contributed by atoms with Gasteiger partial charge in [0.2, 0.25) is 0 Å². The molecule has 12 heteroatoms. The molecule has 1 aromatic rings. The number of methoxy groups -OCH3 is 1. The number of esters is 1. The minimum Gasteiger partial charge on any atom is -0.469 e. The summed E-state index contributed by atoms with van der Waals surface area (Å²) < 4.78 is 120. The van der Waals surface area contributed by atoms with Crippen molar-refractivity contribution in [3.05, 3.63) is 35.4 Å². The number of ether oxygens (including phenoxy) is 1. The average Bonchev–Trinajstić information content (AvgIpc) is 2.65. The molecule has 0 fully saturated rings. The van der Waals surface area contributed by atoms with Crippen molar-refractivity contribution in [3.63, 3.8) is 0 Å². The van der Waals surface area contributed by atoms with Crippen LogP contribution in [0.25, 0.3) is 0 Å². The number of nitrogens with two attached hydrogens (primary N) is 1. The molecule has 1 atom stereocenters. The molecule has 0 bridgehead atoms. The Balaban J connectivity index is 2.74. The molecule has 0 saturated heterocycles. The predicted octanol–water partition coefficient (Wildman–Crippen LogP) is 5.43. The van der Waals surface area contributed by atoms with Crippen LogP contribution in [-0.4, -0.2) is 37.0 Å². The molecule has 0 aliphatic carbocycles. The van der Waals surface area contributed by atoms with E-state index in [4.69, 9.17) is 5.73 Å². The van der Waals surface area contributed by atoms with Crippen LogP contribution in [0.2, 0.25) is 0 Å². The molecule has 3 nitrogen and oxygen atoms in total. The van der Waals surface area contributed by atoms with Gasteiger partial charge >= 0.3 is 29.9 Å². The first-order chi connectivity index (χ1) is 13.6. The van der Waals surface area contributed by atoms with E-state index in [1.807, 2.05) is 0 Å². The van der Waals surface area contributed by atoms with E-state index in [-0.39, 0.29) is 12.0 Å². The van der Waals surface area contributed by atoms with Crippen LogP contribution in [0.15, 0.2) is 24.3 Å². The highest BCUT2D eigenvalue weighted by atomic mass is 19.4. The van der Waals surface area contributed by atoms with Crippen LogP contribution in [0, 0.1) is 0 Å². The summed E-state index contributed by atoms with van der Waals surface area (Å²) in [6, 6.07) is 4.56. The maximum absolute atomic E-state index is 13.6. The van der Waals surface area contributed by atoms with Crippen LogP contribution < -0.4 is 5.73 Å². The monoisotopic (exact) mass is 453 g/mol. The van der Waals surface area contributed by atoms with Crippen molar-refractivity contribution in [3.8, 4) is 0 Å². The van der Waals surface area contributed by atoms with Gasteiger partial charge in [-0.2, -0.15) is 39.5 Å². The van der Waals surface area contributed by atoms with Gasteiger partial charge in [-0.1, -0.05) is 24.3 Å². The first kappa shape index (κ1) is 26.1. The van der Waals surface area contributed by atoms with Crippen molar-refractivity contribution in [2.24, 2.45) is 5.73 Å². The predicted molar refractivity (Wildman–Crippen MR) is 88.5 cm³/mol. The Morgan fingerprint density at radius 2 is 1.50 bits per heavy atom. The summed E-state index contributed by atoms with van der Waals surface area (Å²) in [7, 11) is 1.24. The fraction of sp³-hybridized carbons (Fsp3) is 0.611. The molecule has 0 heterocycles. The molecular weight excluding hydrogens is 433 g/mol. The van der Waals surface area contributed by atoms with Crippen LogP contribution in [0.4, 0.5) is 39.5 Å². The van der Waals surface area contributed by atoms with Crippen LogP contribution >= 0.6 is 0 Å². The minimum atomic E-state index is -6.90. The van der Waals surface area contributed by atoms with Crippen molar-refractivity contribution in [2.75, 3.05) is 7.11 Å². The normalized spacial score (nSPS) is 14.5. The maximum Gasteiger partial charge on any atom is 0.460 e. The molecule has 0 aliphatic heterocycles. The zero-order valence-corrected chi connectivity index (χ0v) is 15.7. The maximum atomic E-state index is 13.6. The van der Waals surface area contributed by atoms with Gasteiger partial charge in [0.15, 0.2) is 0 Å². The molecule has 1 rings (SSSR count). The quantitative estimate of drug-likeness (QED) is 0.380. The highest BCUT2D eigenvalue weighted by Gasteiger charge is 2.81. The second-order valence-electron chi connectivity index (χ2n) is 6.67. The topological polar surface area (TPSA) is 52.3 Å². The molecule has 0 amide bonds. The van der Waals surface area contributed by atoms with Crippen LogP contribution in [0.3, 0.4) is 0 Å². The zero-order valence-electron chi connectivity index (χ0n) is 15.7. The van der Waals surface area contributed by atoms with Crippen molar-refractivity contribution < 1.29 is 49.0 Å². The van der Waals surface area contributed by atoms with Gasteiger partial charge in [0.05, 0.1) is 7.11 Å². The third kappa shape index (κ3) is 5.79. The molecule has 1 aromatic carbocycles. The summed E-state index contributed by atoms with van der Waals surface area (Å²) in [4.78, 5) is 11.0. The van der Waals surface area contributed by atoms with E-state index in [9.17, 15) is 44.3 Å². The lowest BCUT2D eigenvalue weighted by Gasteiger charge is -2.34. The first-order valence-electron chi connectivity index (χ1n) is 8.68. The number of halogens is 9. The van der Waals surface area contributed by atoms with Gasteiger partial charge in [-0.05, 0) is 30.4 Å². The van der Waals surface area contributed by atoms with E-state index in [1.165, 1.54) is 31.4 Å². The minimum absolute atomic E-state index is 0.170. The Bertz CT molecular complexity index is 703. The third-order valence-corrected chi connectivity index (χ3v) is 4.46. The molecule has 1 unspecified atom stereocenters. The molecule has 0 radical (unpaired) electrons. The van der Waals surface area contributed by atoms with Gasteiger partial charge in [0.25, 0.3) is 0 Å². The summed E-state index contributed by atoms with van der Waals surface area (Å²) in [5, 5.41) is 0. The number of rotatable bonds is 10. The third-order valence-electron chi connectivity index (χ3n) is 4.46. The van der Waals surface area contributed by atoms with Gasteiger partial charge in [-0.3, -0.25) is 4.79 Å². The second-order valence-corrected chi connectivity index (χ2v) is 6.67. The number of benzene rings is 1. The Morgan fingerprint density at radius 1 is 0.967 bits per heavy atom. The van der Waals surface area contributed by atoms with Crippen molar-refractivity contribution >= 4 is 5.97 Å². The summed E-state index contributed by atoms with van der Waals surface area (Å²) in [5.74, 6) is -19.6. The standard InChI is InChI=1S/C18H20F9NO2/c1-30-14(29)4-2-3-11-5-7-12(8-6-11)13(28)9-10-15(19,20)16(21,22)17(23,24)18(25,26)27/h5-8,13H,2-4,9-10,28H2,1H3. The summed E-state index contributed by atoms with van der Waals surface area (Å²) >= 11 is 0. The van der Waals surface area contributed by atoms with E-state index >= 15 is 0 Å². The molecule has 2 N–H and O–H groups in total. The number of alkyl halides is 9. The largest absolute Gasteiger partial charge is 0.469 e. The van der Waals surface area contributed by atoms with Crippen LogP contribution in [0.5, 0.6) is 0 Å². The highest BCUT2D eigenvalue weighted by Crippen LogP contribution is 2.54. The van der Waals surface area contributed by atoms with E-state index in [0.29, 0.717) is 12.8 Å². The first-order valence-corrected chi connectivity index (χ1v) is 8.68. The fourth-order valence-corrected chi connectivity index (χ4v) is 2.54. The Morgan fingerprint density at radius 3 is 1.97 bits per heavy atom. The lowest BCUT2D eigenvalue weighted by atomic mass is 9.94. The molecule has 0 aromatic heterocycles. The van der Waals surface area contributed by atoms with Gasteiger partial charge in [0.1, 0.15) is 0 Å². The lowest BCUT2D eigenvalue weighted by Crippen LogP contribution is -2.60. The molecule has 0 aliphatic rings. The van der Waals surface area contributed by atoms with Gasteiger partial charge < -0.3 is 10.5 Å². The van der Waals surface area contributed by atoms with Crippen molar-refractivity contribution in [2.45, 2.75) is 62.1 Å². The van der Waals surface area contributed by atoms with E-state index in [2.05, 4.69) is 4.74 Å². The fourth-order valence-electron chi connectivity index (χ4n) is 2.54. The average molecular weight is 453 g/mol. The summed E-state index contributed by atoms with van der Waals surface area (Å²) in [6.45, 7) is 0. The van der Waals surface area contributed by atoms with Gasteiger partial charge in [-0.15, -0.1) is 0 Å². The number of hydrogen-bond donors (Lipinski definition) is 1. The molecule has 0 saturated carbocycles. The van der Waals surface area contributed by atoms with E-state index in [0.717, 1.165) is 5.56 Å². The summed E-state index contributed by atoms with van der Waals surface area (Å²) in [6.07, 6.45) is -8.67. The van der Waals surface area contributed by atoms with E-state index in [1.54, 1.807) is 0 Å². The second kappa shape index (κ2) is 9.44. The SMILES string of the molecule is COC(=O)CCCc1ccc(C(N)CCC(F)(F)C(F)(F)C(F)(F)C(F)(F)F)cc1. The Labute approximate surface area is 166 Å². The lowest BCUT2D eigenvalue weighted by molar-refractivity contribution is -0.396. The number of hydrogen-bond acceptors (Lipinski definition) is 3. The molecule has 0 spiro atoms. The van der Waals surface area contributed by atoms with Gasteiger partial charge in [-0.25, -0.2) is 0 Å². The highest BCUT2D eigenvalue weighted by molar-refractivity contribution is 5.69. The van der Waals surface area contributed by atoms with E-state index < -0.39 is 48.8 Å². The number of carbonyl (C=O) groups excluding carboxylic acids is 1. The Hall–Kier alpha value is -1.98. The number of carbonyl (C=O) groups is 1. The van der Waals surface area contributed by atoms with Gasteiger partial charge in [0, 0.05) is 18.9 Å². The number of aryl methyl sites for hydroxylation is 1. The van der Waals surface area contributed by atoms with Crippen molar-refractivity contribution in [1.82, 2.24) is 0 Å². The molecule has 172 valence electrons. The summed E-state index contributed by atoms with van der Waals surface area (Å²) in [5.41, 5.74) is 6.55. The molecular formula is C18H20F9NO2. The zero-order chi connectivity index (χ0) is 23.4. The molecule has 30 heavy (non-hydrogen) atoms. The smallest absolute Gasteiger partial charge is 0.460 e.